The van der Waals surface area contributed by atoms with Crippen LogP contribution >= 0.6 is 0 Å². The summed E-state index contributed by atoms with van der Waals surface area (Å²) in [6, 6.07) is 46.9. The van der Waals surface area contributed by atoms with E-state index in [4.69, 9.17) is 9.72 Å². The summed E-state index contributed by atoms with van der Waals surface area (Å²) in [5, 5.41) is 7.27. The minimum absolute atomic E-state index is 0.0646. The number of hydrogen-bond acceptors (Lipinski definition) is 2. The Bertz CT molecular complexity index is 3390. The first kappa shape index (κ1) is 33.2. The number of benzene rings is 6. The molecule has 0 saturated carbocycles. The molecule has 0 aliphatic heterocycles. The number of fused-ring (bicyclic) bond motifs is 12. The van der Waals surface area contributed by atoms with E-state index < -0.39 is 0 Å². The third-order valence-electron chi connectivity index (χ3n) is 11.7. The van der Waals surface area contributed by atoms with Crippen molar-refractivity contribution in [2.24, 2.45) is 14.1 Å². The zero-order valence-electron chi connectivity index (χ0n) is 32.5. The highest BCUT2D eigenvalue weighted by Crippen LogP contribution is 2.49. The highest BCUT2D eigenvalue weighted by atomic mass is 16.5. The molecule has 57 heavy (non-hydrogen) atoms. The molecular formula is C50H40N6O. The Morgan fingerprint density at radius 2 is 1.25 bits per heavy atom. The molecule has 0 aliphatic carbocycles. The van der Waals surface area contributed by atoms with Crippen LogP contribution in [0.5, 0.6) is 11.5 Å². The molecule has 6 aromatic carbocycles. The van der Waals surface area contributed by atoms with E-state index in [1.165, 1.54) is 54.6 Å². The largest absolute Gasteiger partial charge is 0.458 e. The van der Waals surface area contributed by atoms with E-state index in [2.05, 4.69) is 158 Å². The Labute approximate surface area is 329 Å². The van der Waals surface area contributed by atoms with Crippen LogP contribution in [0.15, 0.2) is 152 Å². The molecule has 7 nitrogen and oxygen atoms in total. The molecule has 11 aromatic rings. The number of nitrogens with zero attached hydrogens (tertiary/aromatic N) is 6. The molecule has 7 heteroatoms. The maximum Gasteiger partial charge on any atom is 0.268 e. The molecule has 0 amide bonds. The fourth-order valence-corrected chi connectivity index (χ4v) is 8.93. The lowest BCUT2D eigenvalue weighted by Crippen LogP contribution is -2.28. The zero-order valence-corrected chi connectivity index (χ0v) is 32.5. The topological polar surface area (TPSA) is 45.7 Å². The van der Waals surface area contributed by atoms with Gasteiger partial charge in [0.2, 0.25) is 0 Å². The molecule has 0 saturated heterocycles. The molecule has 0 bridgehead atoms. The summed E-state index contributed by atoms with van der Waals surface area (Å²) >= 11 is 0. The normalized spacial score (nSPS) is 12.3. The highest BCUT2D eigenvalue weighted by Gasteiger charge is 2.27. The molecule has 5 aromatic heterocycles. The van der Waals surface area contributed by atoms with Gasteiger partial charge in [-0.15, -0.1) is 0 Å². The van der Waals surface area contributed by atoms with Gasteiger partial charge < -0.3 is 13.9 Å². The fraction of sp³-hybridized carbons (Fsp3) is 0.120. The molecule has 0 aliphatic rings. The lowest BCUT2D eigenvalue weighted by Gasteiger charge is -2.20. The van der Waals surface area contributed by atoms with E-state index in [1.807, 2.05) is 58.1 Å². The van der Waals surface area contributed by atoms with Gasteiger partial charge in [0.1, 0.15) is 17.3 Å². The first-order valence-corrected chi connectivity index (χ1v) is 19.4. The van der Waals surface area contributed by atoms with Gasteiger partial charge in [0.05, 0.1) is 33.4 Å². The van der Waals surface area contributed by atoms with Crippen molar-refractivity contribution in [3.63, 3.8) is 0 Å². The number of pyridine rings is 1. The van der Waals surface area contributed by atoms with Gasteiger partial charge in [-0.2, -0.15) is 0 Å². The summed E-state index contributed by atoms with van der Waals surface area (Å²) in [5.41, 5.74) is 10.2. The van der Waals surface area contributed by atoms with Crippen molar-refractivity contribution >= 4 is 65.4 Å². The van der Waals surface area contributed by atoms with E-state index in [-0.39, 0.29) is 5.41 Å². The van der Waals surface area contributed by atoms with Crippen molar-refractivity contribution in [3.05, 3.63) is 164 Å². The summed E-state index contributed by atoms with van der Waals surface area (Å²) in [6.07, 6.45) is 9.42. The highest BCUT2D eigenvalue weighted by molar-refractivity contribution is 6.40. The van der Waals surface area contributed by atoms with Crippen LogP contribution in [0, 0.1) is 6.33 Å². The summed E-state index contributed by atoms with van der Waals surface area (Å²) < 4.78 is 17.9. The summed E-state index contributed by atoms with van der Waals surface area (Å²) in [6.45, 7) is 6.77. The Morgan fingerprint density at radius 1 is 0.596 bits per heavy atom. The van der Waals surface area contributed by atoms with Crippen LogP contribution in [-0.2, 0) is 19.5 Å². The van der Waals surface area contributed by atoms with Crippen LogP contribution in [-0.4, -0.2) is 23.3 Å². The maximum atomic E-state index is 6.75. The minimum Gasteiger partial charge on any atom is -0.458 e. The van der Waals surface area contributed by atoms with Gasteiger partial charge in [-0.25, -0.2) is 4.98 Å². The monoisotopic (exact) mass is 740 g/mol. The predicted octanol–water partition coefficient (Wildman–Crippen LogP) is 11.4. The average molecular weight is 741 g/mol. The Kier molecular flexibility index (Phi) is 7.11. The average Bonchev–Trinajstić information content (AvgIpc) is 3.99. The van der Waals surface area contributed by atoms with Gasteiger partial charge >= 0.3 is 0 Å². The van der Waals surface area contributed by atoms with E-state index in [0.29, 0.717) is 0 Å². The van der Waals surface area contributed by atoms with E-state index in [9.17, 15) is 0 Å². The van der Waals surface area contributed by atoms with Crippen LogP contribution in [0.2, 0.25) is 0 Å². The van der Waals surface area contributed by atoms with Crippen LogP contribution in [0.25, 0.3) is 82.6 Å². The van der Waals surface area contributed by atoms with Crippen LogP contribution in [0.3, 0.4) is 0 Å². The van der Waals surface area contributed by atoms with Gasteiger partial charge in [-0.3, -0.25) is 13.7 Å². The number of imidazole rings is 1. The number of hydrogen-bond donors (Lipinski definition) is 0. The van der Waals surface area contributed by atoms with Gasteiger partial charge in [0.15, 0.2) is 0 Å². The number of ether oxygens (including phenoxy) is 1. The molecule has 0 unspecified atom stereocenters. The number of aromatic nitrogens is 6. The Balaban J connectivity index is 1.19. The van der Waals surface area contributed by atoms with Gasteiger partial charge in [-0.1, -0.05) is 81.4 Å². The zero-order chi connectivity index (χ0) is 38.6. The fourth-order valence-electron chi connectivity index (χ4n) is 8.93. The lowest BCUT2D eigenvalue weighted by atomic mass is 9.88. The molecule has 11 rings (SSSR count). The van der Waals surface area contributed by atoms with Crippen molar-refractivity contribution in [3.8, 4) is 28.7 Å². The lowest BCUT2D eigenvalue weighted by molar-refractivity contribution is -0.599. The van der Waals surface area contributed by atoms with Crippen molar-refractivity contribution in [2.75, 3.05) is 0 Å². The molecule has 0 N–H and O–H groups in total. The van der Waals surface area contributed by atoms with Crippen molar-refractivity contribution in [1.29, 1.82) is 0 Å². The van der Waals surface area contributed by atoms with Crippen LogP contribution in [0.1, 0.15) is 26.3 Å². The maximum absolute atomic E-state index is 6.75. The quantitative estimate of drug-likeness (QED) is 0.130. The first-order valence-electron chi connectivity index (χ1n) is 19.4. The van der Waals surface area contributed by atoms with E-state index >= 15 is 0 Å². The van der Waals surface area contributed by atoms with Crippen molar-refractivity contribution in [2.45, 2.75) is 26.2 Å². The molecule has 0 spiro atoms. The standard InChI is InChI=1S/C50H40N6O/c1-50(2,3)32-24-25-51-43(28-32)56-42-30-36(57-35-17-13-16-34(29-35)55-27-26-54(31-55)33-14-7-6-8-15-33)22-23-39(42)44-45-37-18-9-11-20-40(37)52(4)48(45)49-46(47(44)56)38-19-10-12-21-41(38)53(49)5/h6-30H,1-5H3. The number of aryl methyl sites for hydroxylation is 2. The molecule has 276 valence electrons. The Morgan fingerprint density at radius 3 is 2.00 bits per heavy atom. The molecule has 0 fully saturated rings. The summed E-state index contributed by atoms with van der Waals surface area (Å²) in [5.74, 6) is 2.36. The van der Waals surface area contributed by atoms with Gasteiger partial charge in [0.25, 0.3) is 6.33 Å². The summed E-state index contributed by atoms with van der Waals surface area (Å²) in [7, 11) is 4.40. The summed E-state index contributed by atoms with van der Waals surface area (Å²) in [4.78, 5) is 5.12. The van der Waals surface area contributed by atoms with Crippen molar-refractivity contribution < 1.29 is 9.30 Å². The van der Waals surface area contributed by atoms with E-state index in [1.54, 1.807) is 0 Å². The second-order valence-corrected chi connectivity index (χ2v) is 16.1. The minimum atomic E-state index is -0.0646. The predicted molar refractivity (Wildman–Crippen MR) is 231 cm³/mol. The smallest absolute Gasteiger partial charge is 0.268 e. The molecule has 0 atom stereocenters. The Hall–Kier alpha value is -7.12. The molecular weight excluding hydrogens is 701 g/mol. The second kappa shape index (κ2) is 12.2. The third-order valence-corrected chi connectivity index (χ3v) is 11.7. The second-order valence-electron chi connectivity index (χ2n) is 16.1. The first-order chi connectivity index (χ1) is 27.7. The SMILES string of the molecule is Cn1c2ccccc2c2c3c4ccc(Oc5cccc(-[n+]6[c-]n(-c7ccccc7)cc6)c5)cc4n(-c4cc(C(C)(C)C)ccn4)c3c3c4ccccc4n(C)c3c21. The van der Waals surface area contributed by atoms with Crippen LogP contribution in [0.4, 0.5) is 0 Å². The number of rotatable bonds is 5. The van der Waals surface area contributed by atoms with Gasteiger partial charge in [0, 0.05) is 82.1 Å². The van der Waals surface area contributed by atoms with Gasteiger partial charge in [-0.05, 0) is 77.7 Å². The third kappa shape index (κ3) is 4.98. The van der Waals surface area contributed by atoms with E-state index in [0.717, 1.165) is 45.1 Å². The van der Waals surface area contributed by atoms with Crippen LogP contribution < -0.4 is 9.30 Å². The molecule has 0 radical (unpaired) electrons. The van der Waals surface area contributed by atoms with Crippen molar-refractivity contribution in [1.82, 2.24) is 23.3 Å². The number of para-hydroxylation sites is 3. The molecule has 5 heterocycles.